The highest BCUT2D eigenvalue weighted by molar-refractivity contribution is 5.85. The molecule has 2 aromatic rings. The second-order valence-corrected chi connectivity index (χ2v) is 3.36. The van der Waals surface area contributed by atoms with Crippen LogP contribution in [-0.4, -0.2) is 22.2 Å². The molecule has 0 aliphatic carbocycles. The molecule has 19 heavy (non-hydrogen) atoms. The number of carbonyl (C=O) groups is 2. The number of rotatable bonds is 3. The zero-order valence-electron chi connectivity index (χ0n) is 9.89. The first-order valence-corrected chi connectivity index (χ1v) is 5.32. The van der Waals surface area contributed by atoms with E-state index in [4.69, 9.17) is 10.2 Å². The van der Waals surface area contributed by atoms with Crippen molar-refractivity contribution in [2.24, 2.45) is 0 Å². The number of carboxylic acids is 2. The van der Waals surface area contributed by atoms with Crippen molar-refractivity contribution in [1.82, 2.24) is 0 Å². The molecule has 0 bridgehead atoms. The topological polar surface area (TPSA) is 87.7 Å². The summed E-state index contributed by atoms with van der Waals surface area (Å²) in [7, 11) is 0. The lowest BCUT2D eigenvalue weighted by atomic mass is 10.2. The Morgan fingerprint density at radius 3 is 2.11 bits per heavy atom. The molecule has 0 saturated carbocycles. The SMILES string of the molecule is O=C(O)C=Cc1ccccc1.O=C(O)c1ccco1. The van der Waals surface area contributed by atoms with Crippen molar-refractivity contribution in [2.45, 2.75) is 0 Å². The zero-order chi connectivity index (χ0) is 14.1. The van der Waals surface area contributed by atoms with E-state index in [-0.39, 0.29) is 5.76 Å². The van der Waals surface area contributed by atoms with Crippen molar-refractivity contribution in [3.8, 4) is 0 Å². The van der Waals surface area contributed by atoms with Gasteiger partial charge in [0, 0.05) is 6.08 Å². The van der Waals surface area contributed by atoms with Gasteiger partial charge in [0.15, 0.2) is 0 Å². The van der Waals surface area contributed by atoms with Crippen molar-refractivity contribution in [2.75, 3.05) is 0 Å². The lowest BCUT2D eigenvalue weighted by Crippen LogP contribution is -1.90. The highest BCUT2D eigenvalue weighted by Gasteiger charge is 2.01. The van der Waals surface area contributed by atoms with Crippen LogP contribution in [0.5, 0.6) is 0 Å². The summed E-state index contributed by atoms with van der Waals surface area (Å²) in [5.74, 6) is -1.98. The van der Waals surface area contributed by atoms with Gasteiger partial charge in [0.25, 0.3) is 0 Å². The fraction of sp³-hybridized carbons (Fsp3) is 0. The van der Waals surface area contributed by atoms with Crippen molar-refractivity contribution in [3.63, 3.8) is 0 Å². The Labute approximate surface area is 109 Å². The van der Waals surface area contributed by atoms with Gasteiger partial charge in [0.05, 0.1) is 6.26 Å². The highest BCUT2D eigenvalue weighted by Crippen LogP contribution is 2.00. The summed E-state index contributed by atoms with van der Waals surface area (Å²) in [6.45, 7) is 0. The number of aromatic carboxylic acids is 1. The fourth-order valence-electron chi connectivity index (χ4n) is 1.13. The van der Waals surface area contributed by atoms with Crippen LogP contribution < -0.4 is 0 Å². The number of furan rings is 1. The molecule has 0 unspecified atom stereocenters. The normalized spacial score (nSPS) is 9.68. The Morgan fingerprint density at radius 2 is 1.68 bits per heavy atom. The van der Waals surface area contributed by atoms with Gasteiger partial charge in [-0.1, -0.05) is 30.3 Å². The number of hydrogen-bond acceptors (Lipinski definition) is 3. The predicted molar refractivity (Wildman–Crippen MR) is 68.8 cm³/mol. The zero-order valence-corrected chi connectivity index (χ0v) is 9.89. The summed E-state index contributed by atoms with van der Waals surface area (Å²) >= 11 is 0. The molecule has 0 atom stereocenters. The summed E-state index contributed by atoms with van der Waals surface area (Å²) in [6, 6.07) is 12.2. The van der Waals surface area contributed by atoms with Gasteiger partial charge in [0.2, 0.25) is 5.76 Å². The van der Waals surface area contributed by atoms with Gasteiger partial charge < -0.3 is 14.6 Å². The van der Waals surface area contributed by atoms with E-state index in [1.807, 2.05) is 30.3 Å². The molecule has 0 aliphatic rings. The molecule has 0 fully saturated rings. The minimum absolute atomic E-state index is 0.0231. The van der Waals surface area contributed by atoms with Crippen LogP contribution in [-0.2, 0) is 4.79 Å². The van der Waals surface area contributed by atoms with E-state index >= 15 is 0 Å². The molecule has 0 aliphatic heterocycles. The largest absolute Gasteiger partial charge is 0.478 e. The Hall–Kier alpha value is -2.82. The van der Waals surface area contributed by atoms with Gasteiger partial charge in [-0.25, -0.2) is 9.59 Å². The summed E-state index contributed by atoms with van der Waals surface area (Å²) in [5.41, 5.74) is 0.898. The van der Waals surface area contributed by atoms with Crippen LogP contribution in [0.2, 0.25) is 0 Å². The van der Waals surface area contributed by atoms with Crippen LogP contribution in [0.1, 0.15) is 16.1 Å². The average Bonchev–Trinajstić information content (AvgIpc) is 2.92. The van der Waals surface area contributed by atoms with E-state index in [0.29, 0.717) is 0 Å². The lowest BCUT2D eigenvalue weighted by Gasteiger charge is -1.87. The van der Waals surface area contributed by atoms with E-state index in [1.54, 1.807) is 6.08 Å². The van der Waals surface area contributed by atoms with Crippen molar-refractivity contribution < 1.29 is 24.2 Å². The third-order valence-corrected chi connectivity index (χ3v) is 1.95. The molecule has 1 aromatic heterocycles. The van der Waals surface area contributed by atoms with Crippen LogP contribution in [0.15, 0.2) is 59.2 Å². The standard InChI is InChI=1S/C9H8O2.C5H4O3/c10-9(11)7-6-8-4-2-1-3-5-8;6-5(7)4-2-1-3-8-4/h1-7H,(H,10,11);1-3H,(H,6,7). The third kappa shape index (κ3) is 5.88. The van der Waals surface area contributed by atoms with Crippen molar-refractivity contribution in [3.05, 3.63) is 66.1 Å². The summed E-state index contributed by atoms with van der Waals surface area (Å²) in [5, 5.41) is 16.5. The number of hydrogen-bond donors (Lipinski definition) is 2. The van der Waals surface area contributed by atoms with Crippen LogP contribution in [0.3, 0.4) is 0 Å². The monoisotopic (exact) mass is 260 g/mol. The molecule has 0 saturated heterocycles. The molecule has 5 nitrogen and oxygen atoms in total. The Morgan fingerprint density at radius 1 is 1.00 bits per heavy atom. The quantitative estimate of drug-likeness (QED) is 0.828. The Bertz CT molecular complexity index is 540. The third-order valence-electron chi connectivity index (χ3n) is 1.95. The van der Waals surface area contributed by atoms with Gasteiger partial charge in [-0.05, 0) is 23.8 Å². The second kappa shape index (κ2) is 7.50. The van der Waals surface area contributed by atoms with E-state index in [1.165, 1.54) is 18.4 Å². The predicted octanol–water partition coefficient (Wildman–Crippen LogP) is 2.76. The molecule has 2 N–H and O–H groups in total. The van der Waals surface area contributed by atoms with Gasteiger partial charge in [0.1, 0.15) is 0 Å². The smallest absolute Gasteiger partial charge is 0.371 e. The summed E-state index contributed by atoms with van der Waals surface area (Å²) < 4.78 is 4.50. The van der Waals surface area contributed by atoms with Gasteiger partial charge in [-0.15, -0.1) is 0 Å². The molecule has 0 spiro atoms. The number of benzene rings is 1. The first-order chi connectivity index (χ1) is 9.09. The van der Waals surface area contributed by atoms with Gasteiger partial charge in [-0.2, -0.15) is 0 Å². The first kappa shape index (κ1) is 14.2. The van der Waals surface area contributed by atoms with E-state index in [2.05, 4.69) is 4.42 Å². The number of aliphatic carboxylic acids is 1. The maximum Gasteiger partial charge on any atom is 0.371 e. The summed E-state index contributed by atoms with van der Waals surface area (Å²) in [6.07, 6.45) is 4.00. The van der Waals surface area contributed by atoms with Crippen molar-refractivity contribution in [1.29, 1.82) is 0 Å². The number of carboxylic acid groups (broad SMARTS) is 2. The molecular formula is C14H12O5. The van der Waals surface area contributed by atoms with Gasteiger partial charge >= 0.3 is 11.9 Å². The Balaban J connectivity index is 0.000000200. The van der Waals surface area contributed by atoms with Crippen LogP contribution >= 0.6 is 0 Å². The van der Waals surface area contributed by atoms with E-state index in [0.717, 1.165) is 11.6 Å². The molecule has 2 rings (SSSR count). The van der Waals surface area contributed by atoms with Crippen LogP contribution in [0, 0.1) is 0 Å². The molecule has 0 radical (unpaired) electrons. The minimum atomic E-state index is -1.03. The van der Waals surface area contributed by atoms with Crippen LogP contribution in [0.4, 0.5) is 0 Å². The second-order valence-electron chi connectivity index (χ2n) is 3.36. The first-order valence-electron chi connectivity index (χ1n) is 5.32. The molecule has 0 amide bonds. The minimum Gasteiger partial charge on any atom is -0.478 e. The van der Waals surface area contributed by atoms with Gasteiger partial charge in [-0.3, -0.25) is 0 Å². The molecule has 5 heteroatoms. The van der Waals surface area contributed by atoms with Crippen molar-refractivity contribution >= 4 is 18.0 Å². The summed E-state index contributed by atoms with van der Waals surface area (Å²) in [4.78, 5) is 20.1. The molecular weight excluding hydrogens is 248 g/mol. The van der Waals surface area contributed by atoms with E-state index in [9.17, 15) is 9.59 Å². The molecule has 1 heterocycles. The lowest BCUT2D eigenvalue weighted by molar-refractivity contribution is -0.131. The fourth-order valence-corrected chi connectivity index (χ4v) is 1.13. The van der Waals surface area contributed by atoms with Crippen LogP contribution in [0.25, 0.3) is 6.08 Å². The Kier molecular flexibility index (Phi) is 5.62. The average molecular weight is 260 g/mol. The molecule has 1 aromatic carbocycles. The maximum absolute atomic E-state index is 10.1. The molecule has 98 valence electrons. The highest BCUT2D eigenvalue weighted by atomic mass is 16.4. The van der Waals surface area contributed by atoms with E-state index < -0.39 is 11.9 Å². The maximum atomic E-state index is 10.1.